The largest absolute Gasteiger partial charge is 0.454 e. The summed E-state index contributed by atoms with van der Waals surface area (Å²) >= 11 is 4.08. The maximum atomic E-state index is 12.0. The number of alkyl halides is 10. The molecule has 12 heteroatoms. The molecular weight excluding hydrogens is 310 g/mol. The van der Waals surface area contributed by atoms with Gasteiger partial charge in [-0.05, 0) is 0 Å². The molecule has 0 spiro atoms. The van der Waals surface area contributed by atoms with Crippen LogP contribution in [0.5, 0.6) is 0 Å². The van der Waals surface area contributed by atoms with Gasteiger partial charge in [-0.1, -0.05) is 11.6 Å². The van der Waals surface area contributed by atoms with E-state index in [9.17, 15) is 44.3 Å². The molecule has 0 amide bonds. The molecule has 0 fully saturated rings. The van der Waals surface area contributed by atoms with E-state index in [0.29, 0.717) is 0 Å². The van der Waals surface area contributed by atoms with Crippen LogP contribution in [-0.4, -0.2) is 36.0 Å². The summed E-state index contributed by atoms with van der Waals surface area (Å²) in [7, 11) is 0. The zero-order valence-electron chi connectivity index (χ0n) is 7.80. The van der Waals surface area contributed by atoms with E-state index in [4.69, 9.17) is 0 Å². The van der Waals surface area contributed by atoms with Crippen LogP contribution in [0.4, 0.5) is 39.5 Å². The minimum atomic E-state index is -6.37. The third-order valence-corrected chi connectivity index (χ3v) is 2.01. The Labute approximate surface area is 97.6 Å². The number of carbonyl (C=O) groups is 1. The summed E-state index contributed by atoms with van der Waals surface area (Å²) in [6, 6.07) is 0. The van der Waals surface area contributed by atoms with E-state index in [1.807, 2.05) is 0 Å². The van der Waals surface area contributed by atoms with E-state index < -0.39 is 36.0 Å². The van der Waals surface area contributed by atoms with Gasteiger partial charge in [0.2, 0.25) is 0 Å². The fourth-order valence-corrected chi connectivity index (χ4v) is 0.694. The number of ether oxygens (including phenoxy) is 1. The highest BCUT2D eigenvalue weighted by Gasteiger charge is 2.76. The molecule has 0 heterocycles. The number of hydrogen-bond donors (Lipinski definition) is 0. The first-order chi connectivity index (χ1) is 7.63. The molecule has 0 radical (unpaired) electrons. The molecular formula is C6H2ClF9O2. The molecule has 0 aliphatic carbocycles. The maximum absolute atomic E-state index is 12.0. The first kappa shape index (κ1) is 17.1. The normalized spacial score (nSPS) is 14.6. The van der Waals surface area contributed by atoms with E-state index in [2.05, 4.69) is 16.3 Å². The van der Waals surface area contributed by atoms with E-state index in [-0.39, 0.29) is 0 Å². The Morgan fingerprint density at radius 3 is 1.44 bits per heavy atom. The molecule has 0 unspecified atom stereocenters. The lowest BCUT2D eigenvalue weighted by Crippen LogP contribution is -2.59. The van der Waals surface area contributed by atoms with Gasteiger partial charge in [0.15, 0.2) is 6.61 Å². The van der Waals surface area contributed by atoms with Gasteiger partial charge < -0.3 is 4.74 Å². The summed E-state index contributed by atoms with van der Waals surface area (Å²) in [5.41, 5.74) is 0. The molecule has 18 heavy (non-hydrogen) atoms. The van der Waals surface area contributed by atoms with Crippen LogP contribution in [0.3, 0.4) is 0 Å². The molecule has 0 aromatic carbocycles. The number of esters is 1. The minimum Gasteiger partial charge on any atom is -0.454 e. The van der Waals surface area contributed by atoms with E-state index in [1.165, 1.54) is 0 Å². The molecule has 0 saturated carbocycles. The van der Waals surface area contributed by atoms with E-state index in [1.54, 1.807) is 0 Å². The number of rotatable bonds is 2. The monoisotopic (exact) mass is 312 g/mol. The van der Waals surface area contributed by atoms with Crippen LogP contribution in [0.25, 0.3) is 0 Å². The van der Waals surface area contributed by atoms with Crippen molar-refractivity contribution in [2.45, 2.75) is 23.4 Å². The number of carbonyl (C=O) groups excluding carboxylic acids is 1. The molecule has 0 saturated heterocycles. The first-order valence-electron chi connectivity index (χ1n) is 3.69. The Morgan fingerprint density at radius 2 is 1.22 bits per heavy atom. The predicted molar refractivity (Wildman–Crippen MR) is 37.7 cm³/mol. The van der Waals surface area contributed by atoms with Crippen molar-refractivity contribution in [2.24, 2.45) is 0 Å². The van der Waals surface area contributed by atoms with E-state index >= 15 is 0 Å². The molecule has 0 aliphatic heterocycles. The van der Waals surface area contributed by atoms with E-state index in [0.717, 1.165) is 0 Å². The summed E-state index contributed by atoms with van der Waals surface area (Å²) in [6.07, 6.45) is -18.0. The highest BCUT2D eigenvalue weighted by Crippen LogP contribution is 2.48. The number of halogens is 10. The zero-order chi connectivity index (χ0) is 15.0. The second-order valence-corrected chi connectivity index (χ2v) is 3.41. The summed E-state index contributed by atoms with van der Waals surface area (Å²) in [6.45, 7) is -2.62. The lowest BCUT2D eigenvalue weighted by molar-refractivity contribution is -0.272. The topological polar surface area (TPSA) is 26.3 Å². The molecule has 0 aliphatic rings. The molecule has 0 atom stereocenters. The molecule has 0 aromatic heterocycles. The second-order valence-electron chi connectivity index (χ2n) is 2.85. The summed E-state index contributed by atoms with van der Waals surface area (Å²) in [5, 5.41) is 0. The highest BCUT2D eigenvalue weighted by molar-refractivity contribution is 6.35. The Morgan fingerprint density at radius 1 is 0.889 bits per heavy atom. The lowest BCUT2D eigenvalue weighted by atomic mass is 10.1. The van der Waals surface area contributed by atoms with Gasteiger partial charge in [-0.15, -0.1) is 0 Å². The van der Waals surface area contributed by atoms with Crippen LogP contribution < -0.4 is 0 Å². The average molecular weight is 313 g/mol. The second kappa shape index (κ2) is 4.67. The van der Waals surface area contributed by atoms with Gasteiger partial charge in [-0.3, -0.25) is 0 Å². The predicted octanol–water partition coefficient (Wildman–Crippen LogP) is 3.19. The summed E-state index contributed by atoms with van der Waals surface area (Å²) in [4.78, 5) is 4.97. The van der Waals surface area contributed by atoms with Gasteiger partial charge in [0.25, 0.3) is 0 Å². The molecule has 0 bridgehead atoms. The molecule has 0 aromatic rings. The van der Waals surface area contributed by atoms with Crippen LogP contribution >= 0.6 is 11.6 Å². The zero-order valence-corrected chi connectivity index (χ0v) is 8.56. The standard InChI is InChI=1S/C6H2ClF9O2/c7-4(5(11,12)13,6(14,15)16)2(17)18-1-3(8,9)10/h1H2. The Hall–Kier alpha value is -0.870. The van der Waals surface area contributed by atoms with Crippen LogP contribution in [0.1, 0.15) is 0 Å². The van der Waals surface area contributed by atoms with Gasteiger partial charge in [0.1, 0.15) is 0 Å². The van der Waals surface area contributed by atoms with Crippen molar-refractivity contribution in [1.29, 1.82) is 0 Å². The quantitative estimate of drug-likeness (QED) is 0.445. The third kappa shape index (κ3) is 3.56. The van der Waals surface area contributed by atoms with Crippen molar-refractivity contribution in [3.8, 4) is 0 Å². The summed E-state index contributed by atoms with van der Waals surface area (Å²) in [5.74, 6) is -3.29. The highest BCUT2D eigenvalue weighted by atomic mass is 35.5. The smallest absolute Gasteiger partial charge is 0.427 e. The third-order valence-electron chi connectivity index (χ3n) is 1.43. The van der Waals surface area contributed by atoms with Crippen molar-refractivity contribution in [3.05, 3.63) is 0 Å². The van der Waals surface area contributed by atoms with Gasteiger partial charge in [-0.25, -0.2) is 4.79 Å². The summed E-state index contributed by atoms with van der Waals surface area (Å²) < 4.78 is 110. The Kier molecular flexibility index (Phi) is 4.44. The molecule has 2 nitrogen and oxygen atoms in total. The van der Waals surface area contributed by atoms with Crippen molar-refractivity contribution in [2.75, 3.05) is 6.61 Å². The van der Waals surface area contributed by atoms with Crippen molar-refractivity contribution >= 4 is 17.6 Å². The van der Waals surface area contributed by atoms with Gasteiger partial charge in [-0.2, -0.15) is 39.5 Å². The van der Waals surface area contributed by atoms with Gasteiger partial charge in [0, 0.05) is 0 Å². The maximum Gasteiger partial charge on any atom is 0.427 e. The SMILES string of the molecule is O=C(OCC(F)(F)F)C(Cl)(C(F)(F)F)C(F)(F)F. The van der Waals surface area contributed by atoms with Crippen LogP contribution in [-0.2, 0) is 9.53 Å². The van der Waals surface area contributed by atoms with Crippen molar-refractivity contribution < 1.29 is 49.0 Å². The van der Waals surface area contributed by atoms with Crippen LogP contribution in [0, 0.1) is 0 Å². The molecule has 108 valence electrons. The van der Waals surface area contributed by atoms with Gasteiger partial charge in [0.05, 0.1) is 0 Å². The van der Waals surface area contributed by atoms with Crippen molar-refractivity contribution in [1.82, 2.24) is 0 Å². The number of hydrogen-bond acceptors (Lipinski definition) is 2. The molecule has 0 rings (SSSR count). The average Bonchev–Trinajstić information content (AvgIpc) is 2.07. The lowest BCUT2D eigenvalue weighted by Gasteiger charge is -2.29. The van der Waals surface area contributed by atoms with Crippen LogP contribution in [0.2, 0.25) is 0 Å². The minimum absolute atomic E-state index is 2.62. The molecule has 0 N–H and O–H groups in total. The van der Waals surface area contributed by atoms with Gasteiger partial charge >= 0.3 is 29.4 Å². The first-order valence-corrected chi connectivity index (χ1v) is 4.07. The fourth-order valence-electron chi connectivity index (χ4n) is 0.639. The Bertz CT molecular complexity index is 300. The van der Waals surface area contributed by atoms with Crippen molar-refractivity contribution in [3.63, 3.8) is 0 Å². The Balaban J connectivity index is 5.21. The fraction of sp³-hybridized carbons (Fsp3) is 0.833. The van der Waals surface area contributed by atoms with Crippen LogP contribution in [0.15, 0.2) is 0 Å².